The molecule has 0 aromatic carbocycles. The predicted molar refractivity (Wildman–Crippen MR) is 62.0 cm³/mol. The van der Waals surface area contributed by atoms with Gasteiger partial charge in [0.05, 0.1) is 0 Å². The highest BCUT2D eigenvalue weighted by atomic mass is 16.6. The quantitative estimate of drug-likeness (QED) is 0.735. The van der Waals surface area contributed by atoms with Crippen LogP contribution in [0.4, 0.5) is 9.59 Å². The average Bonchev–Trinajstić information content (AvgIpc) is 2.14. The second-order valence-corrected chi connectivity index (χ2v) is 5.21. The van der Waals surface area contributed by atoms with Crippen molar-refractivity contribution in [2.75, 3.05) is 13.1 Å². The largest absolute Gasteiger partial charge is 0.465 e. The van der Waals surface area contributed by atoms with Crippen LogP contribution in [0.25, 0.3) is 0 Å². The molecule has 17 heavy (non-hydrogen) atoms. The van der Waals surface area contributed by atoms with Crippen molar-refractivity contribution >= 4 is 12.2 Å². The Morgan fingerprint density at radius 1 is 1.41 bits per heavy atom. The summed E-state index contributed by atoms with van der Waals surface area (Å²) >= 11 is 0. The minimum absolute atomic E-state index is 0.158. The third-order valence-electron chi connectivity index (χ3n) is 2.41. The van der Waals surface area contributed by atoms with Crippen molar-refractivity contribution in [2.24, 2.45) is 0 Å². The number of likely N-dealkylation sites (tertiary alicyclic amines) is 1. The number of nitrogens with zero attached hydrogens (tertiary/aromatic N) is 1. The van der Waals surface area contributed by atoms with Gasteiger partial charge in [0, 0.05) is 19.1 Å². The molecule has 2 N–H and O–H groups in total. The Morgan fingerprint density at radius 2 is 2.06 bits per heavy atom. The molecule has 1 atom stereocenters. The Balaban J connectivity index is 2.41. The van der Waals surface area contributed by atoms with Crippen LogP contribution in [0.5, 0.6) is 0 Å². The van der Waals surface area contributed by atoms with Crippen molar-refractivity contribution in [3.63, 3.8) is 0 Å². The highest BCUT2D eigenvalue weighted by Crippen LogP contribution is 2.12. The van der Waals surface area contributed by atoms with Crippen molar-refractivity contribution in [3.05, 3.63) is 0 Å². The van der Waals surface area contributed by atoms with Crippen molar-refractivity contribution < 1.29 is 19.4 Å². The zero-order chi connectivity index (χ0) is 13.1. The van der Waals surface area contributed by atoms with Crippen LogP contribution < -0.4 is 5.32 Å². The lowest BCUT2D eigenvalue weighted by Crippen LogP contribution is -2.50. The highest BCUT2D eigenvalue weighted by molar-refractivity contribution is 5.69. The number of hydrogen-bond acceptors (Lipinski definition) is 3. The molecule has 1 fully saturated rings. The van der Waals surface area contributed by atoms with Gasteiger partial charge < -0.3 is 20.1 Å². The summed E-state index contributed by atoms with van der Waals surface area (Å²) in [5, 5.41) is 11.6. The van der Waals surface area contributed by atoms with Gasteiger partial charge in [-0.1, -0.05) is 0 Å². The van der Waals surface area contributed by atoms with Gasteiger partial charge in [0.1, 0.15) is 5.60 Å². The van der Waals surface area contributed by atoms with E-state index in [4.69, 9.17) is 9.84 Å². The molecule has 1 aliphatic heterocycles. The van der Waals surface area contributed by atoms with Crippen LogP contribution in [0, 0.1) is 0 Å². The molecule has 2 amide bonds. The fourth-order valence-corrected chi connectivity index (χ4v) is 1.74. The molecule has 1 saturated heterocycles. The van der Waals surface area contributed by atoms with Crippen LogP contribution in [0.3, 0.4) is 0 Å². The van der Waals surface area contributed by atoms with E-state index in [1.165, 1.54) is 4.90 Å². The van der Waals surface area contributed by atoms with Crippen molar-refractivity contribution in [2.45, 2.75) is 45.3 Å². The van der Waals surface area contributed by atoms with E-state index in [-0.39, 0.29) is 6.04 Å². The first kappa shape index (κ1) is 13.6. The number of piperidine rings is 1. The maximum atomic E-state index is 11.5. The minimum atomic E-state index is -0.944. The Morgan fingerprint density at radius 3 is 2.59 bits per heavy atom. The third kappa shape index (κ3) is 4.93. The minimum Gasteiger partial charge on any atom is -0.465 e. The number of carboxylic acid groups (broad SMARTS) is 1. The summed E-state index contributed by atoms with van der Waals surface area (Å²) in [5.41, 5.74) is -0.536. The van der Waals surface area contributed by atoms with Crippen LogP contribution >= 0.6 is 0 Å². The van der Waals surface area contributed by atoms with Gasteiger partial charge in [-0.2, -0.15) is 0 Å². The van der Waals surface area contributed by atoms with Gasteiger partial charge in [-0.15, -0.1) is 0 Å². The second-order valence-electron chi connectivity index (χ2n) is 5.21. The summed E-state index contributed by atoms with van der Waals surface area (Å²) < 4.78 is 5.12. The van der Waals surface area contributed by atoms with Gasteiger partial charge in [-0.3, -0.25) is 0 Å². The normalized spacial score (nSPS) is 20.9. The van der Waals surface area contributed by atoms with Crippen LogP contribution in [-0.2, 0) is 4.74 Å². The number of nitrogens with one attached hydrogen (secondary N) is 1. The van der Waals surface area contributed by atoms with E-state index in [0.717, 1.165) is 12.8 Å². The number of carbonyl (C=O) groups is 2. The first-order valence-corrected chi connectivity index (χ1v) is 5.75. The molecular formula is C11H20N2O4. The summed E-state index contributed by atoms with van der Waals surface area (Å²) in [4.78, 5) is 23.6. The molecule has 0 aromatic heterocycles. The van der Waals surface area contributed by atoms with Gasteiger partial charge >= 0.3 is 12.2 Å². The van der Waals surface area contributed by atoms with E-state index >= 15 is 0 Å². The highest BCUT2D eigenvalue weighted by Gasteiger charge is 2.26. The lowest BCUT2D eigenvalue weighted by molar-refractivity contribution is 0.0469. The SMILES string of the molecule is CC(C)(C)OC(=O)NC1CCCN(C(=O)O)C1. The van der Waals surface area contributed by atoms with Gasteiger partial charge in [-0.25, -0.2) is 9.59 Å². The molecule has 0 spiro atoms. The molecular weight excluding hydrogens is 224 g/mol. The molecule has 6 nitrogen and oxygen atoms in total. The van der Waals surface area contributed by atoms with E-state index < -0.39 is 17.8 Å². The molecule has 0 bridgehead atoms. The number of amides is 2. The zero-order valence-corrected chi connectivity index (χ0v) is 10.5. The molecule has 0 aliphatic carbocycles. The fraction of sp³-hybridized carbons (Fsp3) is 0.818. The van der Waals surface area contributed by atoms with Crippen LogP contribution in [0.2, 0.25) is 0 Å². The Hall–Kier alpha value is -1.46. The number of alkyl carbamates (subject to hydrolysis) is 1. The Bertz CT molecular complexity index is 298. The molecule has 6 heteroatoms. The molecule has 0 radical (unpaired) electrons. The molecule has 0 saturated carbocycles. The van der Waals surface area contributed by atoms with Crippen molar-refractivity contribution in [1.82, 2.24) is 10.2 Å². The zero-order valence-electron chi connectivity index (χ0n) is 10.5. The average molecular weight is 244 g/mol. The first-order valence-electron chi connectivity index (χ1n) is 5.75. The topological polar surface area (TPSA) is 78.9 Å². The van der Waals surface area contributed by atoms with Crippen LogP contribution in [0.1, 0.15) is 33.6 Å². The van der Waals surface area contributed by atoms with Gasteiger partial charge in [0.2, 0.25) is 0 Å². The molecule has 1 heterocycles. The van der Waals surface area contributed by atoms with Gasteiger partial charge in [0.25, 0.3) is 0 Å². The van der Waals surface area contributed by atoms with E-state index in [9.17, 15) is 9.59 Å². The smallest absolute Gasteiger partial charge is 0.407 e. The summed E-state index contributed by atoms with van der Waals surface area (Å²) in [6.07, 6.45) is 0.103. The predicted octanol–water partition coefficient (Wildman–Crippen LogP) is 1.65. The van der Waals surface area contributed by atoms with E-state index in [1.54, 1.807) is 20.8 Å². The Kier molecular flexibility index (Phi) is 4.20. The van der Waals surface area contributed by atoms with Crippen molar-refractivity contribution in [1.29, 1.82) is 0 Å². The van der Waals surface area contributed by atoms with Gasteiger partial charge in [-0.05, 0) is 33.6 Å². The summed E-state index contributed by atoms with van der Waals surface area (Å²) in [6, 6.07) is -0.158. The van der Waals surface area contributed by atoms with Crippen molar-refractivity contribution in [3.8, 4) is 0 Å². The summed E-state index contributed by atoms with van der Waals surface area (Å²) in [6.45, 7) is 6.22. The second kappa shape index (κ2) is 5.25. The number of carbonyl (C=O) groups excluding carboxylic acids is 1. The lowest BCUT2D eigenvalue weighted by atomic mass is 10.1. The van der Waals surface area contributed by atoms with E-state index in [2.05, 4.69) is 5.32 Å². The monoisotopic (exact) mass is 244 g/mol. The fourth-order valence-electron chi connectivity index (χ4n) is 1.74. The molecule has 1 aliphatic rings. The number of ether oxygens (including phenoxy) is 1. The van der Waals surface area contributed by atoms with Crippen LogP contribution in [-0.4, -0.2) is 46.9 Å². The summed E-state index contributed by atoms with van der Waals surface area (Å²) in [7, 11) is 0. The standard InChI is InChI=1S/C11H20N2O4/c1-11(2,3)17-9(14)12-8-5-4-6-13(7-8)10(15)16/h8H,4-7H2,1-3H3,(H,12,14)(H,15,16). The maximum absolute atomic E-state index is 11.5. The third-order valence-corrected chi connectivity index (χ3v) is 2.41. The Labute approximate surface area is 101 Å². The van der Waals surface area contributed by atoms with E-state index in [0.29, 0.717) is 13.1 Å². The first-order chi connectivity index (χ1) is 7.78. The lowest BCUT2D eigenvalue weighted by Gasteiger charge is -2.31. The number of hydrogen-bond donors (Lipinski definition) is 2. The van der Waals surface area contributed by atoms with Crippen LogP contribution in [0.15, 0.2) is 0 Å². The maximum Gasteiger partial charge on any atom is 0.407 e. The molecule has 1 unspecified atom stereocenters. The van der Waals surface area contributed by atoms with E-state index in [1.807, 2.05) is 0 Å². The number of rotatable bonds is 1. The summed E-state index contributed by atoms with van der Waals surface area (Å²) in [5.74, 6) is 0. The molecule has 0 aromatic rings. The molecule has 98 valence electrons. The molecule has 1 rings (SSSR count). The van der Waals surface area contributed by atoms with Gasteiger partial charge in [0.15, 0.2) is 0 Å².